The lowest BCUT2D eigenvalue weighted by molar-refractivity contribution is 0.102. The SMILES string of the molecule is O=C(Nc1nc(-c2ccccc2)cs1)c1ccc(=O)[nH]n1. The molecule has 7 heteroatoms. The van der Waals surface area contributed by atoms with Crippen LogP contribution in [0.15, 0.2) is 52.6 Å². The van der Waals surface area contributed by atoms with Gasteiger partial charge in [0.1, 0.15) is 5.69 Å². The molecule has 0 aliphatic rings. The van der Waals surface area contributed by atoms with Gasteiger partial charge in [0.05, 0.1) is 5.69 Å². The number of nitrogens with one attached hydrogen (secondary N) is 2. The van der Waals surface area contributed by atoms with E-state index in [-0.39, 0.29) is 11.3 Å². The third-order valence-electron chi connectivity index (χ3n) is 2.71. The summed E-state index contributed by atoms with van der Waals surface area (Å²) in [5.41, 5.74) is 1.56. The molecule has 0 radical (unpaired) electrons. The summed E-state index contributed by atoms with van der Waals surface area (Å²) in [7, 11) is 0. The van der Waals surface area contributed by atoms with Gasteiger partial charge in [-0.1, -0.05) is 30.3 Å². The summed E-state index contributed by atoms with van der Waals surface area (Å²) in [5, 5.41) is 10.9. The van der Waals surface area contributed by atoms with Crippen molar-refractivity contribution in [1.29, 1.82) is 0 Å². The first kappa shape index (κ1) is 13.2. The number of nitrogens with zero attached hydrogens (tertiary/aromatic N) is 2. The van der Waals surface area contributed by atoms with E-state index in [9.17, 15) is 9.59 Å². The fourth-order valence-corrected chi connectivity index (χ4v) is 2.42. The molecule has 1 aromatic carbocycles. The van der Waals surface area contributed by atoms with Crippen LogP contribution in [0.5, 0.6) is 0 Å². The van der Waals surface area contributed by atoms with Gasteiger partial charge in [-0.2, -0.15) is 5.10 Å². The Morgan fingerprint density at radius 3 is 2.67 bits per heavy atom. The monoisotopic (exact) mass is 298 g/mol. The molecule has 3 aromatic rings. The molecule has 0 aliphatic heterocycles. The molecule has 104 valence electrons. The molecule has 6 nitrogen and oxygen atoms in total. The van der Waals surface area contributed by atoms with Gasteiger partial charge >= 0.3 is 0 Å². The van der Waals surface area contributed by atoms with Crippen molar-refractivity contribution in [1.82, 2.24) is 15.2 Å². The van der Waals surface area contributed by atoms with Gasteiger partial charge in [-0.25, -0.2) is 10.1 Å². The highest BCUT2D eigenvalue weighted by Gasteiger charge is 2.11. The average Bonchev–Trinajstić information content (AvgIpc) is 2.97. The average molecular weight is 298 g/mol. The second-order valence-electron chi connectivity index (χ2n) is 4.16. The highest BCUT2D eigenvalue weighted by atomic mass is 32.1. The van der Waals surface area contributed by atoms with Crippen LogP contribution in [-0.2, 0) is 0 Å². The summed E-state index contributed by atoms with van der Waals surface area (Å²) >= 11 is 1.33. The van der Waals surface area contributed by atoms with E-state index in [0.717, 1.165) is 11.3 Å². The molecule has 3 rings (SSSR count). The highest BCUT2D eigenvalue weighted by molar-refractivity contribution is 7.14. The summed E-state index contributed by atoms with van der Waals surface area (Å²) in [6.07, 6.45) is 0. The van der Waals surface area contributed by atoms with E-state index >= 15 is 0 Å². The van der Waals surface area contributed by atoms with Crippen LogP contribution in [0, 0.1) is 0 Å². The van der Waals surface area contributed by atoms with Crippen LogP contribution in [0.1, 0.15) is 10.5 Å². The minimum Gasteiger partial charge on any atom is -0.296 e. The summed E-state index contributed by atoms with van der Waals surface area (Å²) in [6, 6.07) is 12.3. The lowest BCUT2D eigenvalue weighted by atomic mass is 10.2. The highest BCUT2D eigenvalue weighted by Crippen LogP contribution is 2.24. The second-order valence-corrected chi connectivity index (χ2v) is 5.02. The van der Waals surface area contributed by atoms with Crippen LogP contribution in [-0.4, -0.2) is 21.1 Å². The molecule has 2 heterocycles. The van der Waals surface area contributed by atoms with E-state index in [1.165, 1.54) is 23.5 Å². The van der Waals surface area contributed by atoms with E-state index in [1.807, 2.05) is 35.7 Å². The van der Waals surface area contributed by atoms with E-state index < -0.39 is 5.91 Å². The largest absolute Gasteiger partial charge is 0.296 e. The Bertz CT molecular complexity index is 806. The normalized spacial score (nSPS) is 10.3. The Morgan fingerprint density at radius 2 is 1.95 bits per heavy atom. The molecule has 0 aliphatic carbocycles. The second kappa shape index (κ2) is 5.68. The van der Waals surface area contributed by atoms with Crippen molar-refractivity contribution in [2.75, 3.05) is 5.32 Å². The molecule has 0 saturated heterocycles. The Morgan fingerprint density at radius 1 is 1.14 bits per heavy atom. The lowest BCUT2D eigenvalue weighted by Crippen LogP contribution is -2.17. The van der Waals surface area contributed by atoms with Crippen molar-refractivity contribution in [2.24, 2.45) is 0 Å². The molecule has 21 heavy (non-hydrogen) atoms. The minimum absolute atomic E-state index is 0.131. The van der Waals surface area contributed by atoms with Gasteiger partial charge in [-0.05, 0) is 6.07 Å². The number of anilines is 1. The van der Waals surface area contributed by atoms with Crippen molar-refractivity contribution in [3.8, 4) is 11.3 Å². The Labute approximate surface area is 123 Å². The van der Waals surface area contributed by atoms with Gasteiger partial charge in [0, 0.05) is 17.0 Å². The zero-order valence-electron chi connectivity index (χ0n) is 10.7. The van der Waals surface area contributed by atoms with Crippen LogP contribution >= 0.6 is 11.3 Å². The summed E-state index contributed by atoms with van der Waals surface area (Å²) in [6.45, 7) is 0. The van der Waals surface area contributed by atoms with Gasteiger partial charge in [0.15, 0.2) is 5.13 Å². The minimum atomic E-state index is -0.416. The van der Waals surface area contributed by atoms with Crippen LogP contribution in [0.4, 0.5) is 5.13 Å². The molecule has 2 aromatic heterocycles. The van der Waals surface area contributed by atoms with Gasteiger partial charge < -0.3 is 0 Å². The number of hydrogen-bond acceptors (Lipinski definition) is 5. The molecule has 2 N–H and O–H groups in total. The molecular formula is C14H10N4O2S. The number of rotatable bonds is 3. The van der Waals surface area contributed by atoms with E-state index in [0.29, 0.717) is 5.13 Å². The zero-order chi connectivity index (χ0) is 14.7. The summed E-state index contributed by atoms with van der Waals surface area (Å²) in [4.78, 5) is 27.2. The third kappa shape index (κ3) is 3.03. The lowest BCUT2D eigenvalue weighted by Gasteiger charge is -1.99. The topological polar surface area (TPSA) is 87.7 Å². The maximum atomic E-state index is 11.9. The van der Waals surface area contributed by atoms with Crippen molar-refractivity contribution in [3.05, 3.63) is 63.9 Å². The van der Waals surface area contributed by atoms with Gasteiger partial charge in [-0.3, -0.25) is 14.9 Å². The Kier molecular flexibility index (Phi) is 3.57. The molecule has 1 amide bonds. The molecule has 0 bridgehead atoms. The van der Waals surface area contributed by atoms with Gasteiger partial charge in [-0.15, -0.1) is 11.3 Å². The first-order valence-corrected chi connectivity index (χ1v) is 6.98. The summed E-state index contributed by atoms with van der Waals surface area (Å²) < 4.78 is 0. The Hall–Kier alpha value is -2.80. The number of aromatic amines is 1. The summed E-state index contributed by atoms with van der Waals surface area (Å²) in [5.74, 6) is -0.416. The van der Waals surface area contributed by atoms with E-state index in [4.69, 9.17) is 0 Å². The number of benzene rings is 1. The zero-order valence-corrected chi connectivity index (χ0v) is 11.6. The number of H-pyrrole nitrogens is 1. The number of thiazole rings is 1. The fraction of sp³-hybridized carbons (Fsp3) is 0. The van der Waals surface area contributed by atoms with Crippen molar-refractivity contribution < 1.29 is 4.79 Å². The molecule has 0 atom stereocenters. The number of carbonyl (C=O) groups is 1. The predicted molar refractivity (Wildman–Crippen MR) is 80.4 cm³/mol. The molecule has 0 unspecified atom stereocenters. The van der Waals surface area contributed by atoms with Crippen LogP contribution in [0.25, 0.3) is 11.3 Å². The van der Waals surface area contributed by atoms with E-state index in [1.54, 1.807) is 0 Å². The van der Waals surface area contributed by atoms with Crippen molar-refractivity contribution in [3.63, 3.8) is 0 Å². The standard InChI is InChI=1S/C14H10N4O2S/c19-12-7-6-10(17-18-12)13(20)16-14-15-11(8-21-14)9-4-2-1-3-5-9/h1-8H,(H,18,19)(H,15,16,20). The van der Waals surface area contributed by atoms with Crippen LogP contribution in [0.3, 0.4) is 0 Å². The maximum absolute atomic E-state index is 11.9. The quantitative estimate of drug-likeness (QED) is 0.775. The smallest absolute Gasteiger partial charge is 0.277 e. The van der Waals surface area contributed by atoms with Crippen molar-refractivity contribution >= 4 is 22.4 Å². The van der Waals surface area contributed by atoms with E-state index in [2.05, 4.69) is 20.5 Å². The number of carbonyl (C=O) groups excluding carboxylic acids is 1. The third-order valence-corrected chi connectivity index (χ3v) is 3.46. The van der Waals surface area contributed by atoms with Crippen molar-refractivity contribution in [2.45, 2.75) is 0 Å². The first-order valence-electron chi connectivity index (χ1n) is 6.10. The van der Waals surface area contributed by atoms with Crippen LogP contribution in [0.2, 0.25) is 0 Å². The molecule has 0 spiro atoms. The van der Waals surface area contributed by atoms with Crippen LogP contribution < -0.4 is 10.9 Å². The predicted octanol–water partition coefficient (Wildman–Crippen LogP) is 2.15. The molecule has 0 saturated carbocycles. The first-order chi connectivity index (χ1) is 10.2. The number of amides is 1. The van der Waals surface area contributed by atoms with Gasteiger partial charge in [0.2, 0.25) is 0 Å². The fourth-order valence-electron chi connectivity index (χ4n) is 1.70. The molecular weight excluding hydrogens is 288 g/mol. The molecule has 0 fully saturated rings. The van der Waals surface area contributed by atoms with Gasteiger partial charge in [0.25, 0.3) is 11.5 Å². The number of hydrogen-bond donors (Lipinski definition) is 2. The maximum Gasteiger partial charge on any atom is 0.277 e. The Balaban J connectivity index is 1.77. The number of aromatic nitrogens is 3.